The molecular weight excluding hydrogens is 332 g/mol. The van der Waals surface area contributed by atoms with Crippen molar-refractivity contribution in [3.63, 3.8) is 0 Å². The summed E-state index contributed by atoms with van der Waals surface area (Å²) in [5.74, 6) is 1.94. The quantitative estimate of drug-likeness (QED) is 0.746. The number of rotatable bonds is 6. The van der Waals surface area contributed by atoms with Crippen LogP contribution < -0.4 is 5.32 Å². The van der Waals surface area contributed by atoms with Gasteiger partial charge < -0.3 is 19.8 Å². The van der Waals surface area contributed by atoms with E-state index in [1.54, 1.807) is 11.8 Å². The molecular formula is C15H22N4O4S. The molecule has 2 aliphatic rings. The van der Waals surface area contributed by atoms with Crippen LogP contribution in [0.25, 0.3) is 0 Å². The first-order chi connectivity index (χ1) is 11.5. The standard InChI is InChI=1S/C15H22N4O4S/c1-9-16-13(23-18-9)7-24-8-14(21)19-5-11(4-12(20)6-19)17-15(22)10-2-3-10/h10-12,20H,2-8H2,1H3,(H,17,22)/t11-,12+/m0/s1. The predicted molar refractivity (Wildman–Crippen MR) is 87.1 cm³/mol. The van der Waals surface area contributed by atoms with Crippen LogP contribution in [0.1, 0.15) is 31.0 Å². The Labute approximate surface area is 144 Å². The molecule has 0 bridgehead atoms. The largest absolute Gasteiger partial charge is 0.391 e. The number of aliphatic hydroxyl groups excluding tert-OH is 1. The summed E-state index contributed by atoms with van der Waals surface area (Å²) in [5, 5.41) is 16.6. The Hall–Kier alpha value is -1.61. The van der Waals surface area contributed by atoms with Gasteiger partial charge in [-0.1, -0.05) is 5.16 Å². The number of carbonyl (C=O) groups excluding carboxylic acids is 2. The molecule has 24 heavy (non-hydrogen) atoms. The molecule has 1 aliphatic carbocycles. The van der Waals surface area contributed by atoms with Gasteiger partial charge in [-0.3, -0.25) is 9.59 Å². The highest BCUT2D eigenvalue weighted by Crippen LogP contribution is 2.29. The van der Waals surface area contributed by atoms with Crippen molar-refractivity contribution in [3.05, 3.63) is 11.7 Å². The summed E-state index contributed by atoms with van der Waals surface area (Å²) in [6, 6.07) is -0.172. The van der Waals surface area contributed by atoms with Crippen LogP contribution in [0.3, 0.4) is 0 Å². The van der Waals surface area contributed by atoms with Crippen LogP contribution in [0, 0.1) is 12.8 Å². The Balaban J connectivity index is 1.45. The summed E-state index contributed by atoms with van der Waals surface area (Å²) in [5.41, 5.74) is 0. The van der Waals surface area contributed by atoms with Gasteiger partial charge in [-0.05, 0) is 26.2 Å². The number of hydrogen-bond donors (Lipinski definition) is 2. The van der Waals surface area contributed by atoms with Crippen molar-refractivity contribution in [3.8, 4) is 0 Å². The third-order valence-electron chi connectivity index (χ3n) is 4.10. The van der Waals surface area contributed by atoms with Crippen LogP contribution in [0.2, 0.25) is 0 Å². The minimum atomic E-state index is -0.601. The van der Waals surface area contributed by atoms with Crippen LogP contribution in [0.4, 0.5) is 0 Å². The van der Waals surface area contributed by atoms with E-state index in [1.807, 2.05) is 0 Å². The van der Waals surface area contributed by atoms with E-state index < -0.39 is 6.10 Å². The molecule has 0 aromatic carbocycles. The van der Waals surface area contributed by atoms with E-state index in [-0.39, 0.29) is 29.5 Å². The molecule has 2 N–H and O–H groups in total. The zero-order valence-electron chi connectivity index (χ0n) is 13.6. The Bertz CT molecular complexity index is 604. The van der Waals surface area contributed by atoms with E-state index in [2.05, 4.69) is 15.5 Å². The lowest BCUT2D eigenvalue weighted by molar-refractivity contribution is -0.133. The summed E-state index contributed by atoms with van der Waals surface area (Å²) in [7, 11) is 0. The summed E-state index contributed by atoms with van der Waals surface area (Å²) < 4.78 is 5.00. The van der Waals surface area contributed by atoms with Crippen LogP contribution in [0.5, 0.6) is 0 Å². The van der Waals surface area contributed by atoms with Crippen molar-refractivity contribution in [2.45, 2.75) is 44.1 Å². The van der Waals surface area contributed by atoms with Gasteiger partial charge in [0.15, 0.2) is 5.82 Å². The van der Waals surface area contributed by atoms with Crippen LogP contribution in [-0.4, -0.2) is 62.9 Å². The van der Waals surface area contributed by atoms with Crippen molar-refractivity contribution in [1.29, 1.82) is 0 Å². The fraction of sp³-hybridized carbons (Fsp3) is 0.733. The minimum absolute atomic E-state index is 0.0441. The Morgan fingerprint density at radius 3 is 2.88 bits per heavy atom. The van der Waals surface area contributed by atoms with E-state index in [4.69, 9.17) is 4.52 Å². The summed E-state index contributed by atoms with van der Waals surface area (Å²) in [6.07, 6.45) is 1.78. The molecule has 2 amide bonds. The molecule has 9 heteroatoms. The summed E-state index contributed by atoms with van der Waals surface area (Å²) in [6.45, 7) is 2.51. The average molecular weight is 354 g/mol. The topological polar surface area (TPSA) is 109 Å². The third kappa shape index (κ3) is 4.70. The van der Waals surface area contributed by atoms with Crippen molar-refractivity contribution in [2.24, 2.45) is 5.92 Å². The van der Waals surface area contributed by atoms with Gasteiger partial charge in [0, 0.05) is 25.0 Å². The van der Waals surface area contributed by atoms with Gasteiger partial charge in [-0.2, -0.15) is 4.98 Å². The Kier molecular flexibility index (Phi) is 5.40. The molecule has 0 unspecified atom stereocenters. The van der Waals surface area contributed by atoms with Crippen molar-refractivity contribution >= 4 is 23.6 Å². The number of nitrogens with one attached hydrogen (secondary N) is 1. The highest BCUT2D eigenvalue weighted by Gasteiger charge is 2.34. The molecule has 0 radical (unpaired) electrons. The maximum absolute atomic E-state index is 12.3. The molecule has 2 fully saturated rings. The average Bonchev–Trinajstić information content (AvgIpc) is 3.30. The monoisotopic (exact) mass is 354 g/mol. The van der Waals surface area contributed by atoms with Gasteiger partial charge in [0.1, 0.15) is 0 Å². The minimum Gasteiger partial charge on any atom is -0.391 e. The molecule has 132 valence electrons. The molecule has 2 atom stereocenters. The molecule has 1 saturated carbocycles. The number of thioether (sulfide) groups is 1. The fourth-order valence-electron chi connectivity index (χ4n) is 2.76. The zero-order chi connectivity index (χ0) is 17.1. The van der Waals surface area contributed by atoms with E-state index in [1.165, 1.54) is 11.8 Å². The number of aromatic nitrogens is 2. The molecule has 1 saturated heterocycles. The number of β-amino-alcohol motifs (C(OH)–C–C–N with tert-alkyl or cyclic N) is 1. The van der Waals surface area contributed by atoms with E-state index in [0.717, 1.165) is 12.8 Å². The summed E-state index contributed by atoms with van der Waals surface area (Å²) >= 11 is 1.40. The van der Waals surface area contributed by atoms with Crippen LogP contribution in [0.15, 0.2) is 4.52 Å². The third-order valence-corrected chi connectivity index (χ3v) is 5.00. The summed E-state index contributed by atoms with van der Waals surface area (Å²) in [4.78, 5) is 29.9. The number of nitrogens with zero attached hydrogens (tertiary/aromatic N) is 3. The highest BCUT2D eigenvalue weighted by molar-refractivity contribution is 7.99. The van der Waals surface area contributed by atoms with Gasteiger partial charge in [0.25, 0.3) is 0 Å². The van der Waals surface area contributed by atoms with E-state index >= 15 is 0 Å². The maximum Gasteiger partial charge on any atom is 0.236 e. The number of amides is 2. The molecule has 1 aliphatic heterocycles. The van der Waals surface area contributed by atoms with Crippen LogP contribution >= 0.6 is 11.8 Å². The molecule has 1 aromatic heterocycles. The highest BCUT2D eigenvalue weighted by atomic mass is 32.2. The first kappa shape index (κ1) is 17.2. The van der Waals surface area contributed by atoms with Crippen molar-refractivity contribution < 1.29 is 19.2 Å². The second kappa shape index (κ2) is 7.52. The van der Waals surface area contributed by atoms with Crippen LogP contribution in [-0.2, 0) is 15.3 Å². The number of piperidine rings is 1. The van der Waals surface area contributed by atoms with Gasteiger partial charge in [0.05, 0.1) is 17.6 Å². The zero-order valence-corrected chi connectivity index (χ0v) is 14.4. The smallest absolute Gasteiger partial charge is 0.236 e. The van der Waals surface area contributed by atoms with Crippen molar-refractivity contribution in [2.75, 3.05) is 18.8 Å². The van der Waals surface area contributed by atoms with Crippen molar-refractivity contribution in [1.82, 2.24) is 20.4 Å². The lowest BCUT2D eigenvalue weighted by Crippen LogP contribution is -2.54. The second-order valence-electron chi connectivity index (χ2n) is 6.40. The number of aryl methyl sites for hydroxylation is 1. The predicted octanol–water partition coefficient (Wildman–Crippen LogP) is 0.0992. The number of carbonyl (C=O) groups is 2. The van der Waals surface area contributed by atoms with Gasteiger partial charge >= 0.3 is 0 Å². The fourth-order valence-corrected chi connectivity index (χ4v) is 3.51. The normalized spacial score (nSPS) is 24.0. The number of hydrogen-bond acceptors (Lipinski definition) is 7. The Morgan fingerprint density at radius 2 is 2.21 bits per heavy atom. The first-order valence-corrected chi connectivity index (χ1v) is 9.30. The number of aliphatic hydroxyl groups is 1. The SMILES string of the molecule is Cc1noc(CSCC(=O)N2C[C@H](O)C[C@H](NC(=O)C3CC3)C2)n1. The van der Waals surface area contributed by atoms with E-state index in [9.17, 15) is 14.7 Å². The second-order valence-corrected chi connectivity index (χ2v) is 7.38. The van der Waals surface area contributed by atoms with Gasteiger partial charge in [-0.25, -0.2) is 0 Å². The lowest BCUT2D eigenvalue weighted by Gasteiger charge is -2.36. The Morgan fingerprint density at radius 1 is 1.42 bits per heavy atom. The molecule has 1 aromatic rings. The maximum atomic E-state index is 12.3. The molecule has 0 spiro atoms. The first-order valence-electron chi connectivity index (χ1n) is 8.14. The lowest BCUT2D eigenvalue weighted by atomic mass is 10.0. The molecule has 3 rings (SSSR count). The van der Waals surface area contributed by atoms with Gasteiger partial charge in [-0.15, -0.1) is 11.8 Å². The van der Waals surface area contributed by atoms with Gasteiger partial charge in [0.2, 0.25) is 17.7 Å². The number of likely N-dealkylation sites (tertiary alicyclic amines) is 1. The molecule has 2 heterocycles. The van der Waals surface area contributed by atoms with E-state index in [0.29, 0.717) is 37.0 Å². The molecule has 8 nitrogen and oxygen atoms in total.